The van der Waals surface area contributed by atoms with E-state index in [2.05, 4.69) is 24.9 Å². The summed E-state index contributed by atoms with van der Waals surface area (Å²) in [5, 5.41) is 0.807. The molecule has 90 valence electrons. The Balaban J connectivity index is 2.36. The van der Waals surface area contributed by atoms with E-state index in [1.165, 1.54) is 5.56 Å². The average molecular weight is 241 g/mol. The SMILES string of the molecule is CC(CN)CCN(C)Cc1cccc(Cl)c1. The molecule has 0 aliphatic heterocycles. The number of hydrogen-bond donors (Lipinski definition) is 1. The summed E-state index contributed by atoms with van der Waals surface area (Å²) < 4.78 is 0. The van der Waals surface area contributed by atoms with E-state index in [9.17, 15) is 0 Å². The van der Waals surface area contributed by atoms with E-state index < -0.39 is 0 Å². The molecule has 0 saturated heterocycles. The van der Waals surface area contributed by atoms with Crippen LogP contribution in [0.25, 0.3) is 0 Å². The van der Waals surface area contributed by atoms with Crippen LogP contribution in [0.2, 0.25) is 5.02 Å². The monoisotopic (exact) mass is 240 g/mol. The smallest absolute Gasteiger partial charge is 0.0409 e. The van der Waals surface area contributed by atoms with Crippen LogP contribution in [0.1, 0.15) is 18.9 Å². The third-order valence-electron chi connectivity index (χ3n) is 2.75. The van der Waals surface area contributed by atoms with Gasteiger partial charge < -0.3 is 10.6 Å². The minimum Gasteiger partial charge on any atom is -0.330 e. The molecule has 1 unspecified atom stereocenters. The molecule has 1 aromatic carbocycles. The highest BCUT2D eigenvalue weighted by Crippen LogP contribution is 2.12. The first-order valence-electron chi connectivity index (χ1n) is 5.75. The van der Waals surface area contributed by atoms with Crippen molar-refractivity contribution in [3.05, 3.63) is 34.9 Å². The van der Waals surface area contributed by atoms with Gasteiger partial charge in [0.1, 0.15) is 0 Å². The lowest BCUT2D eigenvalue weighted by atomic mass is 10.1. The van der Waals surface area contributed by atoms with Crippen molar-refractivity contribution in [2.24, 2.45) is 11.7 Å². The maximum atomic E-state index is 5.94. The van der Waals surface area contributed by atoms with E-state index in [1.54, 1.807) is 0 Å². The lowest BCUT2D eigenvalue weighted by Crippen LogP contribution is -2.23. The van der Waals surface area contributed by atoms with Crippen molar-refractivity contribution in [2.45, 2.75) is 19.9 Å². The van der Waals surface area contributed by atoms with Gasteiger partial charge in [-0.05, 0) is 50.2 Å². The van der Waals surface area contributed by atoms with Crippen molar-refractivity contribution in [3.8, 4) is 0 Å². The summed E-state index contributed by atoms with van der Waals surface area (Å²) in [5.74, 6) is 0.599. The van der Waals surface area contributed by atoms with E-state index in [4.69, 9.17) is 17.3 Å². The molecular weight excluding hydrogens is 220 g/mol. The minimum atomic E-state index is 0.599. The van der Waals surface area contributed by atoms with Crippen LogP contribution in [-0.4, -0.2) is 25.0 Å². The number of hydrogen-bond acceptors (Lipinski definition) is 2. The predicted molar refractivity (Wildman–Crippen MR) is 70.6 cm³/mol. The summed E-state index contributed by atoms with van der Waals surface area (Å²) in [4.78, 5) is 2.30. The highest BCUT2D eigenvalue weighted by atomic mass is 35.5. The van der Waals surface area contributed by atoms with Crippen LogP contribution in [0.4, 0.5) is 0 Å². The van der Waals surface area contributed by atoms with Crippen molar-refractivity contribution < 1.29 is 0 Å². The number of benzene rings is 1. The summed E-state index contributed by atoms with van der Waals surface area (Å²) in [7, 11) is 2.13. The molecule has 0 aliphatic rings. The molecule has 0 radical (unpaired) electrons. The van der Waals surface area contributed by atoms with Gasteiger partial charge in [0, 0.05) is 11.6 Å². The molecule has 1 atom stereocenters. The van der Waals surface area contributed by atoms with E-state index >= 15 is 0 Å². The number of nitrogens with two attached hydrogens (primary N) is 1. The van der Waals surface area contributed by atoms with Crippen molar-refractivity contribution in [1.82, 2.24) is 4.90 Å². The molecule has 0 aromatic heterocycles. The fraction of sp³-hybridized carbons (Fsp3) is 0.538. The quantitative estimate of drug-likeness (QED) is 0.829. The van der Waals surface area contributed by atoms with Gasteiger partial charge in [-0.3, -0.25) is 0 Å². The first-order valence-corrected chi connectivity index (χ1v) is 6.12. The second-order valence-corrected chi connectivity index (χ2v) is 4.93. The lowest BCUT2D eigenvalue weighted by molar-refractivity contribution is 0.300. The van der Waals surface area contributed by atoms with Gasteiger partial charge >= 0.3 is 0 Å². The zero-order valence-electron chi connectivity index (χ0n) is 10.1. The van der Waals surface area contributed by atoms with Crippen LogP contribution in [0.5, 0.6) is 0 Å². The van der Waals surface area contributed by atoms with Crippen molar-refractivity contribution >= 4 is 11.6 Å². The van der Waals surface area contributed by atoms with Gasteiger partial charge in [-0.15, -0.1) is 0 Å². The normalized spacial score (nSPS) is 13.1. The second-order valence-electron chi connectivity index (χ2n) is 4.50. The Labute approximate surface area is 103 Å². The van der Waals surface area contributed by atoms with Gasteiger partial charge in [0.25, 0.3) is 0 Å². The molecule has 3 heteroatoms. The van der Waals surface area contributed by atoms with Gasteiger partial charge in [0.05, 0.1) is 0 Å². The zero-order valence-corrected chi connectivity index (χ0v) is 10.9. The van der Waals surface area contributed by atoms with Crippen molar-refractivity contribution in [2.75, 3.05) is 20.1 Å². The van der Waals surface area contributed by atoms with Crippen LogP contribution in [-0.2, 0) is 6.54 Å². The maximum absolute atomic E-state index is 5.94. The highest BCUT2D eigenvalue weighted by Gasteiger charge is 2.04. The van der Waals surface area contributed by atoms with Crippen LogP contribution in [0, 0.1) is 5.92 Å². The highest BCUT2D eigenvalue weighted by molar-refractivity contribution is 6.30. The Morgan fingerprint density at radius 1 is 1.44 bits per heavy atom. The summed E-state index contributed by atoms with van der Waals surface area (Å²) in [5.41, 5.74) is 6.85. The predicted octanol–water partition coefficient (Wildman–Crippen LogP) is 2.76. The molecule has 0 aliphatic carbocycles. The Kier molecular flexibility index (Phi) is 5.81. The first kappa shape index (κ1) is 13.5. The molecule has 1 rings (SSSR count). The fourth-order valence-electron chi connectivity index (χ4n) is 1.58. The van der Waals surface area contributed by atoms with Gasteiger partial charge in [0.15, 0.2) is 0 Å². The summed E-state index contributed by atoms with van der Waals surface area (Å²) in [6.45, 7) is 4.97. The third kappa shape index (κ3) is 4.97. The maximum Gasteiger partial charge on any atom is 0.0409 e. The molecule has 2 nitrogen and oxygen atoms in total. The third-order valence-corrected chi connectivity index (χ3v) is 2.98. The minimum absolute atomic E-state index is 0.599. The van der Waals surface area contributed by atoms with E-state index in [-0.39, 0.29) is 0 Å². The zero-order chi connectivity index (χ0) is 12.0. The molecule has 0 heterocycles. The second kappa shape index (κ2) is 6.89. The molecule has 0 fully saturated rings. The van der Waals surface area contributed by atoms with Crippen LogP contribution in [0.15, 0.2) is 24.3 Å². The molecule has 0 spiro atoms. The van der Waals surface area contributed by atoms with E-state index in [1.807, 2.05) is 18.2 Å². The summed E-state index contributed by atoms with van der Waals surface area (Å²) >= 11 is 5.94. The van der Waals surface area contributed by atoms with Gasteiger partial charge in [-0.2, -0.15) is 0 Å². The number of halogens is 1. The first-order chi connectivity index (χ1) is 7.61. The summed E-state index contributed by atoms with van der Waals surface area (Å²) in [6, 6.07) is 8.02. The van der Waals surface area contributed by atoms with Gasteiger partial charge in [-0.25, -0.2) is 0 Å². The lowest BCUT2D eigenvalue weighted by Gasteiger charge is -2.18. The van der Waals surface area contributed by atoms with Crippen LogP contribution >= 0.6 is 11.6 Å². The Bertz CT molecular complexity index is 315. The van der Waals surface area contributed by atoms with E-state index in [0.717, 1.165) is 31.1 Å². The Morgan fingerprint density at radius 3 is 2.81 bits per heavy atom. The summed E-state index contributed by atoms with van der Waals surface area (Å²) in [6.07, 6.45) is 1.15. The fourth-order valence-corrected chi connectivity index (χ4v) is 1.80. The molecule has 2 N–H and O–H groups in total. The van der Waals surface area contributed by atoms with Crippen LogP contribution < -0.4 is 5.73 Å². The van der Waals surface area contributed by atoms with Crippen molar-refractivity contribution in [1.29, 1.82) is 0 Å². The van der Waals surface area contributed by atoms with Crippen molar-refractivity contribution in [3.63, 3.8) is 0 Å². The molecule has 0 saturated carbocycles. The average Bonchev–Trinajstić information content (AvgIpc) is 2.26. The van der Waals surface area contributed by atoms with Gasteiger partial charge in [0.2, 0.25) is 0 Å². The molecule has 0 amide bonds. The standard InChI is InChI=1S/C13H21ClN2/c1-11(9-15)6-7-16(2)10-12-4-3-5-13(14)8-12/h3-5,8,11H,6-7,9-10,15H2,1-2H3. The van der Waals surface area contributed by atoms with Gasteiger partial charge in [-0.1, -0.05) is 30.7 Å². The largest absolute Gasteiger partial charge is 0.330 e. The Hall–Kier alpha value is -0.570. The number of nitrogens with zero attached hydrogens (tertiary/aromatic N) is 1. The molecule has 1 aromatic rings. The molecular formula is C13H21ClN2. The topological polar surface area (TPSA) is 29.3 Å². The van der Waals surface area contributed by atoms with E-state index in [0.29, 0.717) is 5.92 Å². The molecule has 16 heavy (non-hydrogen) atoms. The Morgan fingerprint density at radius 2 is 2.19 bits per heavy atom. The van der Waals surface area contributed by atoms with Crippen LogP contribution in [0.3, 0.4) is 0 Å². The number of rotatable bonds is 6. The molecule has 0 bridgehead atoms.